The molecule has 3 nitrogen and oxygen atoms in total. The van der Waals surface area contributed by atoms with Crippen LogP contribution in [0.1, 0.15) is 28.8 Å². The van der Waals surface area contributed by atoms with Gasteiger partial charge in [-0.1, -0.05) is 6.92 Å². The maximum atomic E-state index is 13.6. The zero-order chi connectivity index (χ0) is 14.0. The molecule has 2 N–H and O–H groups in total. The lowest BCUT2D eigenvalue weighted by Crippen LogP contribution is -2.19. The molecule has 0 amide bonds. The second-order valence-corrected chi connectivity index (χ2v) is 3.67. The SMILES string of the molecule is COC(=O)c1c(F)c(F)c(C(C)CN)c(F)c1F. The van der Waals surface area contributed by atoms with Crippen LogP contribution < -0.4 is 5.73 Å². The van der Waals surface area contributed by atoms with Crippen molar-refractivity contribution in [2.75, 3.05) is 13.7 Å². The van der Waals surface area contributed by atoms with Crippen LogP contribution in [0.2, 0.25) is 0 Å². The minimum Gasteiger partial charge on any atom is -0.465 e. The molecule has 0 saturated heterocycles. The summed E-state index contributed by atoms with van der Waals surface area (Å²) >= 11 is 0. The number of hydrogen-bond acceptors (Lipinski definition) is 3. The third-order valence-electron chi connectivity index (χ3n) is 2.53. The zero-order valence-electron chi connectivity index (χ0n) is 9.69. The molecule has 0 aliphatic rings. The highest BCUT2D eigenvalue weighted by Gasteiger charge is 2.31. The summed E-state index contributed by atoms with van der Waals surface area (Å²) < 4.78 is 58.3. The summed E-state index contributed by atoms with van der Waals surface area (Å²) in [5, 5.41) is 0. The molecule has 0 aliphatic heterocycles. The molecule has 1 atom stereocenters. The van der Waals surface area contributed by atoms with Gasteiger partial charge in [-0.15, -0.1) is 0 Å². The number of halogens is 4. The number of benzene rings is 1. The van der Waals surface area contributed by atoms with Crippen molar-refractivity contribution in [3.63, 3.8) is 0 Å². The van der Waals surface area contributed by atoms with E-state index in [1.54, 1.807) is 0 Å². The van der Waals surface area contributed by atoms with Crippen molar-refractivity contribution in [2.24, 2.45) is 5.73 Å². The third kappa shape index (κ3) is 2.17. The molecule has 1 unspecified atom stereocenters. The van der Waals surface area contributed by atoms with Gasteiger partial charge in [0.05, 0.1) is 7.11 Å². The Labute approximate surface area is 101 Å². The van der Waals surface area contributed by atoms with Crippen molar-refractivity contribution in [1.29, 1.82) is 0 Å². The van der Waals surface area contributed by atoms with E-state index in [0.717, 1.165) is 7.11 Å². The van der Waals surface area contributed by atoms with Gasteiger partial charge in [0.25, 0.3) is 0 Å². The van der Waals surface area contributed by atoms with Gasteiger partial charge in [0, 0.05) is 5.56 Å². The summed E-state index contributed by atoms with van der Waals surface area (Å²) in [5.74, 6) is -9.25. The largest absolute Gasteiger partial charge is 0.465 e. The molecule has 0 spiro atoms. The van der Waals surface area contributed by atoms with Gasteiger partial charge in [-0.2, -0.15) is 0 Å². The maximum absolute atomic E-state index is 13.6. The lowest BCUT2D eigenvalue weighted by Gasteiger charge is -2.14. The Morgan fingerprint density at radius 2 is 1.61 bits per heavy atom. The lowest BCUT2D eigenvalue weighted by molar-refractivity contribution is 0.0586. The van der Waals surface area contributed by atoms with Crippen molar-refractivity contribution in [3.05, 3.63) is 34.4 Å². The van der Waals surface area contributed by atoms with E-state index in [1.807, 2.05) is 0 Å². The van der Waals surface area contributed by atoms with Crippen molar-refractivity contribution < 1.29 is 27.1 Å². The van der Waals surface area contributed by atoms with Crippen LogP contribution in [-0.4, -0.2) is 19.6 Å². The van der Waals surface area contributed by atoms with Crippen molar-refractivity contribution in [1.82, 2.24) is 0 Å². The Balaban J connectivity index is 3.60. The van der Waals surface area contributed by atoms with Crippen molar-refractivity contribution in [3.8, 4) is 0 Å². The first kappa shape index (κ1) is 14.4. The number of carbonyl (C=O) groups excluding carboxylic acids is 1. The minimum atomic E-state index is -1.78. The van der Waals surface area contributed by atoms with Crippen LogP contribution in [0.3, 0.4) is 0 Å². The number of esters is 1. The number of hydrogen-bond donors (Lipinski definition) is 1. The van der Waals surface area contributed by atoms with E-state index in [4.69, 9.17) is 5.73 Å². The fraction of sp³-hybridized carbons (Fsp3) is 0.364. The molecule has 0 fully saturated rings. The lowest BCUT2D eigenvalue weighted by atomic mass is 9.97. The molecule has 0 saturated carbocycles. The predicted molar refractivity (Wildman–Crippen MR) is 55.1 cm³/mol. The van der Waals surface area contributed by atoms with E-state index in [9.17, 15) is 22.4 Å². The fourth-order valence-electron chi connectivity index (χ4n) is 1.48. The summed E-state index contributed by atoms with van der Waals surface area (Å²) in [6.07, 6.45) is 0. The number of rotatable bonds is 3. The minimum absolute atomic E-state index is 0.204. The second-order valence-electron chi connectivity index (χ2n) is 3.67. The summed E-state index contributed by atoms with van der Waals surface area (Å²) in [5.41, 5.74) is 2.99. The van der Waals surface area contributed by atoms with Gasteiger partial charge in [-0.25, -0.2) is 22.4 Å². The van der Waals surface area contributed by atoms with Crippen molar-refractivity contribution in [2.45, 2.75) is 12.8 Å². The fourth-order valence-corrected chi connectivity index (χ4v) is 1.48. The summed E-state index contributed by atoms with van der Waals surface area (Å²) in [6, 6.07) is 0. The van der Waals surface area contributed by atoms with Crippen LogP contribution in [0.15, 0.2) is 0 Å². The molecule has 0 bridgehead atoms. The molecule has 18 heavy (non-hydrogen) atoms. The van der Waals surface area contributed by atoms with Crippen LogP contribution in [0.4, 0.5) is 17.6 Å². The standard InChI is InChI=1S/C11H11F4NO2/c1-4(3-16)5-7(12)9(14)6(11(17)18-2)10(15)8(5)13/h4H,3,16H2,1-2H3. The average Bonchev–Trinajstić information content (AvgIpc) is 2.36. The average molecular weight is 265 g/mol. The van der Waals surface area contributed by atoms with Crippen LogP contribution >= 0.6 is 0 Å². The van der Waals surface area contributed by atoms with E-state index >= 15 is 0 Å². The van der Waals surface area contributed by atoms with Gasteiger partial charge >= 0.3 is 5.97 Å². The Kier molecular flexibility index (Phi) is 4.28. The van der Waals surface area contributed by atoms with Gasteiger partial charge in [-0.05, 0) is 12.5 Å². The van der Waals surface area contributed by atoms with E-state index in [-0.39, 0.29) is 6.54 Å². The predicted octanol–water partition coefficient (Wildman–Crippen LogP) is 2.09. The first-order valence-electron chi connectivity index (χ1n) is 5.00. The Morgan fingerprint density at radius 3 is 1.94 bits per heavy atom. The monoisotopic (exact) mass is 265 g/mol. The zero-order valence-corrected chi connectivity index (χ0v) is 9.69. The first-order chi connectivity index (χ1) is 8.36. The number of carbonyl (C=O) groups is 1. The molecular formula is C11H11F4NO2. The molecular weight excluding hydrogens is 254 g/mol. The molecule has 1 aromatic carbocycles. The maximum Gasteiger partial charge on any atom is 0.344 e. The highest BCUT2D eigenvalue weighted by Crippen LogP contribution is 2.29. The van der Waals surface area contributed by atoms with Gasteiger partial charge in [0.2, 0.25) is 0 Å². The molecule has 0 aromatic heterocycles. The molecule has 1 rings (SSSR count). The number of nitrogens with two attached hydrogens (primary N) is 1. The first-order valence-corrected chi connectivity index (χ1v) is 5.00. The molecule has 1 aromatic rings. The second kappa shape index (κ2) is 5.34. The number of methoxy groups -OCH3 is 1. The summed E-state index contributed by atoms with van der Waals surface area (Å²) in [6.45, 7) is 1.10. The normalized spacial score (nSPS) is 12.4. The highest BCUT2D eigenvalue weighted by atomic mass is 19.2. The van der Waals surface area contributed by atoms with Gasteiger partial charge in [0.15, 0.2) is 23.3 Å². The van der Waals surface area contributed by atoms with E-state index in [1.165, 1.54) is 6.92 Å². The van der Waals surface area contributed by atoms with Gasteiger partial charge < -0.3 is 10.5 Å². The summed E-state index contributed by atoms with van der Waals surface area (Å²) in [7, 11) is 0.841. The topological polar surface area (TPSA) is 52.3 Å². The summed E-state index contributed by atoms with van der Waals surface area (Å²) in [4.78, 5) is 11.0. The van der Waals surface area contributed by atoms with Crippen LogP contribution in [0.25, 0.3) is 0 Å². The molecule has 0 heterocycles. The van der Waals surface area contributed by atoms with Crippen LogP contribution in [0.5, 0.6) is 0 Å². The molecule has 0 radical (unpaired) electrons. The van der Waals surface area contributed by atoms with E-state index in [2.05, 4.69) is 4.74 Å². The van der Waals surface area contributed by atoms with Gasteiger partial charge in [-0.3, -0.25) is 0 Å². The molecule has 7 heteroatoms. The molecule has 0 aliphatic carbocycles. The highest BCUT2D eigenvalue weighted by molar-refractivity contribution is 5.90. The van der Waals surface area contributed by atoms with Crippen molar-refractivity contribution >= 4 is 5.97 Å². The number of ether oxygens (including phenoxy) is 1. The Bertz CT molecular complexity index is 461. The Hall–Kier alpha value is -1.63. The van der Waals surface area contributed by atoms with Crippen LogP contribution in [-0.2, 0) is 4.74 Å². The third-order valence-corrected chi connectivity index (χ3v) is 2.53. The van der Waals surface area contributed by atoms with E-state index in [0.29, 0.717) is 0 Å². The van der Waals surface area contributed by atoms with Crippen LogP contribution in [0, 0.1) is 23.3 Å². The van der Waals surface area contributed by atoms with Gasteiger partial charge in [0.1, 0.15) is 5.56 Å². The quantitative estimate of drug-likeness (QED) is 0.517. The smallest absolute Gasteiger partial charge is 0.344 e. The molecule has 100 valence electrons. The Morgan fingerprint density at radius 1 is 1.17 bits per heavy atom. The van der Waals surface area contributed by atoms with E-state index < -0.39 is 46.3 Å².